The zero-order valence-corrected chi connectivity index (χ0v) is 29.2. The number of ether oxygens (including phenoxy) is 5. The number of hydrogen-bond acceptors (Lipinski definition) is 9. The highest BCUT2D eigenvalue weighted by molar-refractivity contribution is 6.77. The first kappa shape index (κ1) is 36.0. The third-order valence-corrected chi connectivity index (χ3v) is 14.9. The van der Waals surface area contributed by atoms with E-state index in [-0.39, 0.29) is 34.4 Å². The van der Waals surface area contributed by atoms with Crippen molar-refractivity contribution in [3.05, 3.63) is 108 Å². The Morgan fingerprint density at radius 2 is 0.957 bits per heavy atom. The summed E-state index contributed by atoms with van der Waals surface area (Å²) >= 11 is 0. The molecule has 10 heteroatoms. The molecule has 4 rings (SSSR count). The van der Waals surface area contributed by atoms with Crippen molar-refractivity contribution in [3.63, 3.8) is 0 Å². The molecule has 1 aliphatic rings. The van der Waals surface area contributed by atoms with Gasteiger partial charge in [-0.05, 0) is 53.0 Å². The summed E-state index contributed by atoms with van der Waals surface area (Å²) in [6.07, 6.45) is -5.95. The molecule has 0 unspecified atom stereocenters. The van der Waals surface area contributed by atoms with Crippen LogP contribution in [0.5, 0.6) is 0 Å². The van der Waals surface area contributed by atoms with Crippen LogP contribution in [0, 0.1) is 0 Å². The van der Waals surface area contributed by atoms with Crippen molar-refractivity contribution in [2.45, 2.75) is 88.9 Å². The number of hydrogen-bond donors (Lipinski definition) is 0. The number of esters is 3. The van der Waals surface area contributed by atoms with Crippen LogP contribution >= 0.6 is 0 Å². The van der Waals surface area contributed by atoms with E-state index in [1.54, 1.807) is 91.0 Å². The Morgan fingerprint density at radius 1 is 0.596 bits per heavy atom. The van der Waals surface area contributed by atoms with Gasteiger partial charge < -0.3 is 28.1 Å². The predicted octanol–water partition coefficient (Wildman–Crippen LogP) is 7.23. The molecule has 1 fully saturated rings. The van der Waals surface area contributed by atoms with Crippen LogP contribution < -0.4 is 0 Å². The first-order chi connectivity index (χ1) is 22.5. The highest BCUT2D eigenvalue weighted by Crippen LogP contribution is 2.43. The van der Waals surface area contributed by atoms with Crippen molar-refractivity contribution in [2.75, 3.05) is 13.7 Å². The predicted molar refractivity (Wildman–Crippen MR) is 180 cm³/mol. The Balaban J connectivity index is 1.78. The molecular weight excluding hydrogens is 616 g/mol. The topological polar surface area (TPSA) is 107 Å². The van der Waals surface area contributed by atoms with Crippen LogP contribution in [-0.4, -0.2) is 70.6 Å². The van der Waals surface area contributed by atoms with Crippen LogP contribution in [-0.2, 0) is 28.1 Å². The Kier molecular flexibility index (Phi) is 12.5. The molecule has 1 heterocycles. The lowest BCUT2D eigenvalue weighted by atomic mass is 9.97. The number of methoxy groups -OCH3 is 1. The van der Waals surface area contributed by atoms with Crippen LogP contribution in [0.2, 0.25) is 16.6 Å². The van der Waals surface area contributed by atoms with Gasteiger partial charge in [0.1, 0.15) is 6.10 Å². The Hall–Kier alpha value is -3.83. The average molecular weight is 663 g/mol. The third-order valence-electron chi connectivity index (χ3n) is 8.79. The molecule has 0 amide bonds. The van der Waals surface area contributed by atoms with Gasteiger partial charge in [0.25, 0.3) is 0 Å². The second-order valence-electron chi connectivity index (χ2n) is 12.6. The van der Waals surface area contributed by atoms with Gasteiger partial charge in [0.15, 0.2) is 32.9 Å². The van der Waals surface area contributed by atoms with Gasteiger partial charge in [0.05, 0.1) is 23.3 Å². The number of rotatable bonds is 13. The molecule has 3 aromatic carbocycles. The molecule has 0 spiro atoms. The van der Waals surface area contributed by atoms with Crippen LogP contribution in [0.1, 0.15) is 72.6 Å². The van der Waals surface area contributed by atoms with E-state index >= 15 is 0 Å². The second-order valence-corrected chi connectivity index (χ2v) is 18.1. The fourth-order valence-electron chi connectivity index (χ4n) is 6.63. The van der Waals surface area contributed by atoms with E-state index in [9.17, 15) is 14.4 Å². The van der Waals surface area contributed by atoms with E-state index < -0.39 is 56.9 Å². The first-order valence-corrected chi connectivity index (χ1v) is 18.2. The maximum absolute atomic E-state index is 13.6. The van der Waals surface area contributed by atoms with E-state index in [1.165, 1.54) is 7.11 Å². The molecule has 1 saturated heterocycles. The lowest BCUT2D eigenvalue weighted by molar-refractivity contribution is -0.291. The summed E-state index contributed by atoms with van der Waals surface area (Å²) in [5, 5.41) is 0. The lowest BCUT2D eigenvalue weighted by Gasteiger charge is -2.47. The first-order valence-electron chi connectivity index (χ1n) is 16.1. The Labute approximate surface area is 278 Å². The van der Waals surface area contributed by atoms with Crippen LogP contribution in [0.15, 0.2) is 91.0 Å². The molecule has 9 nitrogen and oxygen atoms in total. The van der Waals surface area contributed by atoms with Crippen molar-refractivity contribution >= 4 is 26.2 Å². The average Bonchev–Trinajstić information content (AvgIpc) is 3.07. The Morgan fingerprint density at radius 3 is 1.32 bits per heavy atom. The van der Waals surface area contributed by atoms with Gasteiger partial charge in [0, 0.05) is 7.11 Å². The van der Waals surface area contributed by atoms with E-state index in [1.807, 2.05) is 0 Å². The number of benzene rings is 3. The van der Waals surface area contributed by atoms with Crippen molar-refractivity contribution in [3.8, 4) is 0 Å². The molecular formula is C37H46O9Si. The maximum Gasteiger partial charge on any atom is 0.338 e. The smallest absolute Gasteiger partial charge is 0.338 e. The molecule has 0 bridgehead atoms. The normalized spacial score (nSPS) is 21.4. The molecule has 252 valence electrons. The third kappa shape index (κ3) is 8.37. The largest absolute Gasteiger partial charge is 0.452 e. The molecule has 0 N–H and O–H groups in total. The summed E-state index contributed by atoms with van der Waals surface area (Å²) in [5.74, 6) is -2.03. The van der Waals surface area contributed by atoms with Crippen LogP contribution in [0.3, 0.4) is 0 Å². The highest BCUT2D eigenvalue weighted by Gasteiger charge is 2.54. The summed E-state index contributed by atoms with van der Waals surface area (Å²) in [4.78, 5) is 40.6. The summed E-state index contributed by atoms with van der Waals surface area (Å²) in [7, 11) is -1.02. The summed E-state index contributed by atoms with van der Waals surface area (Å²) in [5.41, 5.74) is 1.64. The Bertz CT molecular complexity index is 1420. The minimum atomic E-state index is -2.43. The van der Waals surface area contributed by atoms with Gasteiger partial charge in [-0.3, -0.25) is 0 Å². The minimum absolute atomic E-state index is 0.0338. The van der Waals surface area contributed by atoms with Crippen molar-refractivity contribution < 1.29 is 42.5 Å². The van der Waals surface area contributed by atoms with Gasteiger partial charge >= 0.3 is 17.9 Å². The molecule has 0 saturated carbocycles. The van der Waals surface area contributed by atoms with Gasteiger partial charge in [-0.25, -0.2) is 14.4 Å². The standard InChI is InChI=1S/C37H46O9Si/c1-24(2)47(25(3)4,26(5)6)42-23-30-31(44-34(38)27-17-11-8-12-18-27)32(45-35(39)28-19-13-9-14-20-28)33(37(41-7)43-30)46-36(40)29-21-15-10-16-22-29/h8-22,24-26,30-33,37H,23H2,1-7H3/t30-,31+,32+,33+,37+/m1/s1. The zero-order chi connectivity index (χ0) is 34.1. The van der Waals surface area contributed by atoms with Crippen LogP contribution in [0.4, 0.5) is 0 Å². The SMILES string of the molecule is CO[C@H]1O[C@H](CO[Si](C(C)C)(C(C)C)C(C)C)[C@H](OC(=O)c2ccccc2)[C@H](OC(=O)c2ccccc2)[C@@H]1OC(=O)c1ccccc1. The monoisotopic (exact) mass is 662 g/mol. The molecule has 0 radical (unpaired) electrons. The number of carbonyl (C=O) groups excluding carboxylic acids is 3. The molecule has 0 aromatic heterocycles. The van der Waals surface area contributed by atoms with Gasteiger partial charge in [-0.15, -0.1) is 0 Å². The molecule has 0 aliphatic carbocycles. The zero-order valence-electron chi connectivity index (χ0n) is 28.2. The van der Waals surface area contributed by atoms with E-state index in [0.717, 1.165) is 0 Å². The van der Waals surface area contributed by atoms with Crippen molar-refractivity contribution in [1.29, 1.82) is 0 Å². The van der Waals surface area contributed by atoms with Crippen LogP contribution in [0.25, 0.3) is 0 Å². The fraction of sp³-hybridized carbons (Fsp3) is 0.432. The lowest BCUT2D eigenvalue weighted by Crippen LogP contribution is -2.63. The van der Waals surface area contributed by atoms with E-state index in [0.29, 0.717) is 5.56 Å². The van der Waals surface area contributed by atoms with Crippen molar-refractivity contribution in [1.82, 2.24) is 0 Å². The van der Waals surface area contributed by atoms with Crippen molar-refractivity contribution in [2.24, 2.45) is 0 Å². The molecule has 1 aliphatic heterocycles. The van der Waals surface area contributed by atoms with E-state index in [2.05, 4.69) is 41.5 Å². The number of carbonyl (C=O) groups is 3. The summed E-state index contributed by atoms with van der Waals surface area (Å²) in [6, 6.07) is 25.3. The van der Waals surface area contributed by atoms with Gasteiger partial charge in [0.2, 0.25) is 0 Å². The highest BCUT2D eigenvalue weighted by atomic mass is 28.4. The maximum atomic E-state index is 13.6. The molecule has 3 aromatic rings. The molecule has 47 heavy (non-hydrogen) atoms. The summed E-state index contributed by atoms with van der Waals surface area (Å²) < 4.78 is 37.3. The second kappa shape index (κ2) is 16.3. The van der Waals surface area contributed by atoms with Gasteiger partial charge in [-0.1, -0.05) is 96.1 Å². The molecule has 5 atom stereocenters. The fourth-order valence-corrected chi connectivity index (χ4v) is 12.1. The van der Waals surface area contributed by atoms with Gasteiger partial charge in [-0.2, -0.15) is 0 Å². The minimum Gasteiger partial charge on any atom is -0.452 e. The van der Waals surface area contributed by atoms with E-state index in [4.69, 9.17) is 28.1 Å². The summed E-state index contributed by atoms with van der Waals surface area (Å²) in [6.45, 7) is 13.0. The quantitative estimate of drug-likeness (QED) is 0.106.